The second-order valence-electron chi connectivity index (χ2n) is 4.63. The highest BCUT2D eigenvalue weighted by atomic mass is 127. The van der Waals surface area contributed by atoms with Gasteiger partial charge in [-0.2, -0.15) is 0 Å². The number of hydrogen-bond donors (Lipinski definition) is 0. The van der Waals surface area contributed by atoms with Crippen LogP contribution >= 0.6 is 45.5 Å². The number of hydrogen-bond acceptors (Lipinski definition) is 3. The fraction of sp³-hybridized carbons (Fsp3) is 0.0667. The fourth-order valence-electron chi connectivity index (χ4n) is 2.46. The van der Waals surface area contributed by atoms with E-state index in [1.165, 1.54) is 8.27 Å². The van der Waals surface area contributed by atoms with E-state index in [4.69, 9.17) is 11.6 Å². The van der Waals surface area contributed by atoms with Gasteiger partial charge in [0.25, 0.3) is 0 Å². The second kappa shape index (κ2) is 5.23. The fourth-order valence-corrected chi connectivity index (χ4v) is 3.83. The van der Waals surface area contributed by atoms with Crippen molar-refractivity contribution >= 4 is 66.8 Å². The van der Waals surface area contributed by atoms with Crippen LogP contribution in [0.15, 0.2) is 41.9 Å². The summed E-state index contributed by atoms with van der Waals surface area (Å²) in [7, 11) is 0. The zero-order valence-corrected chi connectivity index (χ0v) is 14.5. The average molecular weight is 426 g/mol. The van der Waals surface area contributed by atoms with Gasteiger partial charge in [0.15, 0.2) is 0 Å². The van der Waals surface area contributed by atoms with Crippen LogP contribution in [0.4, 0.5) is 0 Å². The van der Waals surface area contributed by atoms with Crippen LogP contribution in [0.1, 0.15) is 5.82 Å². The molecule has 104 valence electrons. The Kier molecular flexibility index (Phi) is 3.35. The first-order valence-corrected chi connectivity index (χ1v) is 8.82. The molecule has 2 aromatic carbocycles. The maximum absolute atomic E-state index is 6.10. The number of alkyl halides is 1. The SMILES string of the molecule is ClCc1nc2cc(I)ccc2n1-c1ccc2ncsc2c1. The number of nitrogens with zero attached hydrogens (tertiary/aromatic N) is 3. The van der Waals surface area contributed by atoms with Gasteiger partial charge in [-0.15, -0.1) is 22.9 Å². The van der Waals surface area contributed by atoms with E-state index in [9.17, 15) is 0 Å². The molecule has 21 heavy (non-hydrogen) atoms. The van der Waals surface area contributed by atoms with Gasteiger partial charge < -0.3 is 0 Å². The van der Waals surface area contributed by atoms with Gasteiger partial charge in [0.2, 0.25) is 0 Å². The Hall–Kier alpha value is -1.18. The molecule has 0 radical (unpaired) electrons. The highest BCUT2D eigenvalue weighted by Crippen LogP contribution is 2.27. The summed E-state index contributed by atoms with van der Waals surface area (Å²) in [6, 6.07) is 12.5. The van der Waals surface area contributed by atoms with E-state index in [1.54, 1.807) is 11.3 Å². The molecule has 0 saturated carbocycles. The Labute approximate surface area is 143 Å². The van der Waals surface area contributed by atoms with Crippen molar-refractivity contribution in [3.63, 3.8) is 0 Å². The van der Waals surface area contributed by atoms with Crippen molar-refractivity contribution < 1.29 is 0 Å². The summed E-state index contributed by atoms with van der Waals surface area (Å²) < 4.78 is 4.46. The third-order valence-corrected chi connectivity index (χ3v) is 5.08. The van der Waals surface area contributed by atoms with E-state index in [-0.39, 0.29) is 0 Å². The first-order valence-electron chi connectivity index (χ1n) is 6.33. The standard InChI is InChI=1S/C15H9ClIN3S/c16-7-15-19-12-5-9(17)1-4-13(12)20(15)10-2-3-11-14(6-10)21-8-18-11/h1-6,8H,7H2. The normalized spacial score (nSPS) is 11.5. The van der Waals surface area contributed by atoms with Crippen molar-refractivity contribution in [3.05, 3.63) is 51.3 Å². The number of aromatic nitrogens is 3. The lowest BCUT2D eigenvalue weighted by molar-refractivity contribution is 0.984. The Balaban J connectivity index is 2.03. The summed E-state index contributed by atoms with van der Waals surface area (Å²) in [5, 5.41) is 0. The van der Waals surface area contributed by atoms with Crippen molar-refractivity contribution in [2.45, 2.75) is 5.88 Å². The minimum absolute atomic E-state index is 0.381. The minimum atomic E-state index is 0.381. The smallest absolute Gasteiger partial charge is 0.129 e. The van der Waals surface area contributed by atoms with Crippen LogP contribution in [0, 0.1) is 3.57 Å². The summed E-state index contributed by atoms with van der Waals surface area (Å²) in [5.74, 6) is 1.24. The lowest BCUT2D eigenvalue weighted by Gasteiger charge is -2.07. The van der Waals surface area contributed by atoms with Crippen molar-refractivity contribution in [1.29, 1.82) is 0 Å². The summed E-state index contributed by atoms with van der Waals surface area (Å²) in [6.45, 7) is 0. The lowest BCUT2D eigenvalue weighted by atomic mass is 10.2. The van der Waals surface area contributed by atoms with E-state index >= 15 is 0 Å². The largest absolute Gasteiger partial charge is 0.295 e. The highest BCUT2D eigenvalue weighted by Gasteiger charge is 2.12. The van der Waals surface area contributed by atoms with Crippen LogP contribution in [0.25, 0.3) is 26.9 Å². The van der Waals surface area contributed by atoms with Gasteiger partial charge in [-0.05, 0) is 59.0 Å². The van der Waals surface area contributed by atoms with Crippen molar-refractivity contribution in [1.82, 2.24) is 14.5 Å². The summed E-state index contributed by atoms with van der Waals surface area (Å²) in [6.07, 6.45) is 0. The predicted molar refractivity (Wildman–Crippen MR) is 96.5 cm³/mol. The molecule has 3 nitrogen and oxygen atoms in total. The molecule has 0 aliphatic heterocycles. The molecular formula is C15H9ClIN3S. The summed E-state index contributed by atoms with van der Waals surface area (Å²) in [4.78, 5) is 8.97. The quantitative estimate of drug-likeness (QED) is 0.335. The topological polar surface area (TPSA) is 30.7 Å². The number of rotatable bonds is 2. The van der Waals surface area contributed by atoms with Gasteiger partial charge in [-0.3, -0.25) is 4.57 Å². The van der Waals surface area contributed by atoms with Crippen LogP contribution in [-0.2, 0) is 5.88 Å². The van der Waals surface area contributed by atoms with Crippen LogP contribution in [0.3, 0.4) is 0 Å². The minimum Gasteiger partial charge on any atom is -0.295 e. The molecule has 4 aromatic rings. The van der Waals surface area contributed by atoms with Gasteiger partial charge in [0.05, 0.1) is 32.6 Å². The van der Waals surface area contributed by atoms with E-state index in [0.717, 1.165) is 28.1 Å². The molecule has 2 heterocycles. The maximum Gasteiger partial charge on any atom is 0.129 e. The van der Waals surface area contributed by atoms with E-state index in [2.05, 4.69) is 67.5 Å². The second-order valence-corrected chi connectivity index (χ2v) is 7.03. The molecule has 0 bridgehead atoms. The molecule has 0 amide bonds. The van der Waals surface area contributed by atoms with E-state index in [1.807, 2.05) is 11.6 Å². The Morgan fingerprint density at radius 3 is 2.90 bits per heavy atom. The third kappa shape index (κ3) is 2.23. The van der Waals surface area contributed by atoms with Crippen molar-refractivity contribution in [2.75, 3.05) is 0 Å². The van der Waals surface area contributed by atoms with Gasteiger partial charge in [-0.25, -0.2) is 9.97 Å². The van der Waals surface area contributed by atoms with Gasteiger partial charge in [0, 0.05) is 9.26 Å². The zero-order valence-electron chi connectivity index (χ0n) is 10.8. The van der Waals surface area contributed by atoms with Gasteiger partial charge in [-0.1, -0.05) is 0 Å². The monoisotopic (exact) mass is 425 g/mol. The number of imidazole rings is 1. The molecule has 0 unspecified atom stereocenters. The van der Waals surface area contributed by atoms with Crippen LogP contribution < -0.4 is 0 Å². The number of fused-ring (bicyclic) bond motifs is 2. The number of halogens is 2. The Morgan fingerprint density at radius 1 is 1.14 bits per heavy atom. The molecule has 0 atom stereocenters. The van der Waals surface area contributed by atoms with Crippen LogP contribution in [-0.4, -0.2) is 14.5 Å². The first-order chi connectivity index (χ1) is 10.3. The molecule has 0 aliphatic carbocycles. The highest BCUT2D eigenvalue weighted by molar-refractivity contribution is 14.1. The Morgan fingerprint density at radius 2 is 2.05 bits per heavy atom. The van der Waals surface area contributed by atoms with Gasteiger partial charge >= 0.3 is 0 Å². The zero-order chi connectivity index (χ0) is 14.4. The average Bonchev–Trinajstić information content (AvgIpc) is 3.09. The van der Waals surface area contributed by atoms with E-state index < -0.39 is 0 Å². The number of thiazole rings is 1. The van der Waals surface area contributed by atoms with Crippen LogP contribution in [0.2, 0.25) is 0 Å². The molecule has 0 saturated heterocycles. The molecule has 0 N–H and O–H groups in total. The van der Waals surface area contributed by atoms with Gasteiger partial charge in [0.1, 0.15) is 5.82 Å². The molecular weight excluding hydrogens is 417 g/mol. The Bertz CT molecular complexity index is 960. The molecule has 6 heteroatoms. The molecule has 0 aliphatic rings. The van der Waals surface area contributed by atoms with Crippen molar-refractivity contribution in [3.8, 4) is 5.69 Å². The molecule has 4 rings (SSSR count). The van der Waals surface area contributed by atoms with Crippen LogP contribution in [0.5, 0.6) is 0 Å². The maximum atomic E-state index is 6.10. The summed E-state index contributed by atoms with van der Waals surface area (Å²) >= 11 is 10.0. The number of benzene rings is 2. The first kappa shape index (κ1) is 13.5. The predicted octanol–water partition coefficient (Wildman–Crippen LogP) is 4.98. The molecule has 0 fully saturated rings. The third-order valence-electron chi connectivity index (χ3n) is 3.38. The molecule has 2 aromatic heterocycles. The lowest BCUT2D eigenvalue weighted by Crippen LogP contribution is -1.98. The van der Waals surface area contributed by atoms with E-state index in [0.29, 0.717) is 5.88 Å². The van der Waals surface area contributed by atoms with Crippen molar-refractivity contribution in [2.24, 2.45) is 0 Å². The summed E-state index contributed by atoms with van der Waals surface area (Å²) in [5.41, 5.74) is 6.02. The molecule has 0 spiro atoms.